The average Bonchev–Trinajstić information content (AvgIpc) is 2.28. The summed E-state index contributed by atoms with van der Waals surface area (Å²) in [5.74, 6) is 1.62. The molecule has 1 aromatic carbocycles. The van der Waals surface area contributed by atoms with Gasteiger partial charge in [-0.2, -0.15) is 0 Å². The molecule has 0 saturated carbocycles. The third-order valence-electron chi connectivity index (χ3n) is 2.00. The molecule has 0 aliphatic carbocycles. The number of ether oxygens (including phenoxy) is 2. The Bertz CT molecular complexity index is 342. The van der Waals surface area contributed by atoms with Gasteiger partial charge in [0.15, 0.2) is 0 Å². The number of hydrogen-bond acceptors (Lipinski definition) is 2. The smallest absolute Gasteiger partial charge is 0.126 e. The van der Waals surface area contributed by atoms with Gasteiger partial charge in [0, 0.05) is 6.07 Å². The fourth-order valence-electron chi connectivity index (χ4n) is 1.27. The zero-order chi connectivity index (χ0) is 11.1. The van der Waals surface area contributed by atoms with Crippen LogP contribution in [0, 0.1) is 0 Å². The minimum Gasteiger partial charge on any atom is -0.497 e. The molecule has 0 aromatic heterocycles. The number of allylic oxidation sites excluding steroid dienone is 1. The van der Waals surface area contributed by atoms with Gasteiger partial charge in [-0.15, -0.1) is 6.58 Å². The Kier molecular flexibility index (Phi) is 4.48. The Morgan fingerprint density at radius 1 is 1.27 bits per heavy atom. The molecule has 0 bridgehead atoms. The van der Waals surface area contributed by atoms with E-state index in [-0.39, 0.29) is 0 Å². The Labute approximate surface area is 90.8 Å². The van der Waals surface area contributed by atoms with Crippen molar-refractivity contribution in [3.8, 4) is 11.5 Å². The highest BCUT2D eigenvalue weighted by Gasteiger charge is 2.03. The van der Waals surface area contributed by atoms with Crippen LogP contribution < -0.4 is 9.47 Å². The first kappa shape index (κ1) is 11.4. The highest BCUT2D eigenvalue weighted by molar-refractivity contribution is 5.41. The van der Waals surface area contributed by atoms with Crippen molar-refractivity contribution in [3.05, 3.63) is 49.1 Å². The van der Waals surface area contributed by atoms with Gasteiger partial charge >= 0.3 is 0 Å². The van der Waals surface area contributed by atoms with E-state index in [0.29, 0.717) is 6.61 Å². The summed E-state index contributed by atoms with van der Waals surface area (Å²) in [4.78, 5) is 0. The lowest BCUT2D eigenvalue weighted by molar-refractivity contribution is 0.354. The molecule has 0 atom stereocenters. The third-order valence-corrected chi connectivity index (χ3v) is 2.00. The minimum absolute atomic E-state index is 0.497. The van der Waals surface area contributed by atoms with Crippen LogP contribution in [0.15, 0.2) is 43.5 Å². The monoisotopic (exact) mass is 204 g/mol. The van der Waals surface area contributed by atoms with E-state index in [1.807, 2.05) is 24.3 Å². The summed E-state index contributed by atoms with van der Waals surface area (Å²) in [7, 11) is 1.64. The zero-order valence-corrected chi connectivity index (χ0v) is 9.03. The predicted molar refractivity (Wildman–Crippen MR) is 62.6 cm³/mol. The van der Waals surface area contributed by atoms with Gasteiger partial charge in [-0.25, -0.2) is 0 Å². The van der Waals surface area contributed by atoms with E-state index in [1.165, 1.54) is 0 Å². The van der Waals surface area contributed by atoms with Crippen molar-refractivity contribution in [2.45, 2.75) is 6.42 Å². The van der Waals surface area contributed by atoms with Crippen LogP contribution in [0.3, 0.4) is 0 Å². The molecule has 2 nitrogen and oxygen atoms in total. The molecule has 0 saturated heterocycles. The Balaban J connectivity index is 2.92. The zero-order valence-electron chi connectivity index (χ0n) is 9.03. The maximum atomic E-state index is 5.54. The van der Waals surface area contributed by atoms with Crippen molar-refractivity contribution in [2.75, 3.05) is 13.7 Å². The second-order valence-corrected chi connectivity index (χ2v) is 3.07. The number of rotatable bonds is 6. The maximum absolute atomic E-state index is 5.54. The Morgan fingerprint density at radius 3 is 2.67 bits per heavy atom. The Morgan fingerprint density at radius 2 is 2.07 bits per heavy atom. The summed E-state index contributed by atoms with van der Waals surface area (Å²) < 4.78 is 10.7. The summed E-state index contributed by atoms with van der Waals surface area (Å²) in [6, 6.07) is 5.78. The summed E-state index contributed by atoms with van der Waals surface area (Å²) in [5.41, 5.74) is 1.10. The first-order chi connectivity index (χ1) is 7.31. The molecule has 0 radical (unpaired) electrons. The van der Waals surface area contributed by atoms with Gasteiger partial charge in [0.1, 0.15) is 18.1 Å². The van der Waals surface area contributed by atoms with Crippen molar-refractivity contribution in [1.29, 1.82) is 0 Å². The van der Waals surface area contributed by atoms with Crippen molar-refractivity contribution in [2.24, 2.45) is 0 Å². The van der Waals surface area contributed by atoms with E-state index in [1.54, 1.807) is 13.2 Å². The van der Waals surface area contributed by atoms with Crippen LogP contribution in [0.25, 0.3) is 0 Å². The number of hydrogen-bond donors (Lipinski definition) is 0. The topological polar surface area (TPSA) is 18.5 Å². The van der Waals surface area contributed by atoms with Gasteiger partial charge in [-0.3, -0.25) is 0 Å². The average molecular weight is 204 g/mol. The van der Waals surface area contributed by atoms with Gasteiger partial charge < -0.3 is 9.47 Å². The van der Waals surface area contributed by atoms with Crippen LogP contribution in [0.5, 0.6) is 11.5 Å². The largest absolute Gasteiger partial charge is 0.497 e. The van der Waals surface area contributed by atoms with Gasteiger partial charge in [-0.05, 0) is 18.1 Å². The van der Waals surface area contributed by atoms with Gasteiger partial charge in [-0.1, -0.05) is 24.8 Å². The molecule has 0 fully saturated rings. The molecule has 2 heteroatoms. The molecule has 0 heterocycles. The fourth-order valence-corrected chi connectivity index (χ4v) is 1.27. The molecule has 0 N–H and O–H groups in total. The normalized spacial score (nSPS) is 9.40. The lowest BCUT2D eigenvalue weighted by Gasteiger charge is -2.10. The van der Waals surface area contributed by atoms with Crippen LogP contribution in [-0.2, 0) is 6.42 Å². The second-order valence-electron chi connectivity index (χ2n) is 3.07. The molecule has 80 valence electrons. The molecule has 15 heavy (non-hydrogen) atoms. The quantitative estimate of drug-likeness (QED) is 0.663. The fraction of sp³-hybridized carbons (Fsp3) is 0.231. The van der Waals surface area contributed by atoms with Gasteiger partial charge in [0.25, 0.3) is 0 Å². The van der Waals surface area contributed by atoms with Gasteiger partial charge in [0.2, 0.25) is 0 Å². The molecule has 0 unspecified atom stereocenters. The lowest BCUT2D eigenvalue weighted by Crippen LogP contribution is -1.97. The van der Waals surface area contributed by atoms with Crippen LogP contribution in [0.1, 0.15) is 5.56 Å². The third kappa shape index (κ3) is 3.17. The lowest BCUT2D eigenvalue weighted by atomic mass is 10.1. The molecular formula is C13H16O2. The second kappa shape index (κ2) is 5.91. The van der Waals surface area contributed by atoms with Gasteiger partial charge in [0.05, 0.1) is 7.11 Å². The predicted octanol–water partition coefficient (Wildman–Crippen LogP) is 2.99. The van der Waals surface area contributed by atoms with E-state index in [4.69, 9.17) is 9.47 Å². The Hall–Kier alpha value is -1.70. The molecule has 1 rings (SSSR count). The van der Waals surface area contributed by atoms with Crippen molar-refractivity contribution < 1.29 is 9.47 Å². The summed E-state index contributed by atoms with van der Waals surface area (Å²) >= 11 is 0. The first-order valence-electron chi connectivity index (χ1n) is 4.83. The highest BCUT2D eigenvalue weighted by atomic mass is 16.5. The van der Waals surface area contributed by atoms with Crippen molar-refractivity contribution >= 4 is 0 Å². The highest BCUT2D eigenvalue weighted by Crippen LogP contribution is 2.25. The molecule has 0 amide bonds. The van der Waals surface area contributed by atoms with Crippen LogP contribution in [-0.4, -0.2) is 13.7 Å². The van der Waals surface area contributed by atoms with E-state index in [2.05, 4.69) is 13.2 Å². The van der Waals surface area contributed by atoms with Crippen LogP contribution in [0.4, 0.5) is 0 Å². The first-order valence-corrected chi connectivity index (χ1v) is 4.83. The van der Waals surface area contributed by atoms with Crippen molar-refractivity contribution in [1.82, 2.24) is 0 Å². The van der Waals surface area contributed by atoms with Crippen LogP contribution >= 0.6 is 0 Å². The van der Waals surface area contributed by atoms with Crippen LogP contribution in [0.2, 0.25) is 0 Å². The standard InChI is InChI=1S/C13H16O2/c1-4-6-11-7-8-12(14-3)10-13(11)15-9-5-2/h4-5,7-8,10H,1-2,6,9H2,3H3. The van der Waals surface area contributed by atoms with E-state index >= 15 is 0 Å². The number of benzene rings is 1. The van der Waals surface area contributed by atoms with E-state index in [0.717, 1.165) is 23.5 Å². The molecule has 0 aliphatic rings. The summed E-state index contributed by atoms with van der Waals surface area (Å²) in [6.07, 6.45) is 4.36. The molecule has 1 aromatic rings. The molecular weight excluding hydrogens is 188 g/mol. The molecule has 0 spiro atoms. The summed E-state index contributed by atoms with van der Waals surface area (Å²) in [5, 5.41) is 0. The minimum atomic E-state index is 0.497. The summed E-state index contributed by atoms with van der Waals surface area (Å²) in [6.45, 7) is 7.83. The number of methoxy groups -OCH3 is 1. The van der Waals surface area contributed by atoms with Crippen molar-refractivity contribution in [3.63, 3.8) is 0 Å². The van der Waals surface area contributed by atoms with E-state index in [9.17, 15) is 0 Å². The molecule has 0 aliphatic heterocycles. The SMILES string of the molecule is C=CCOc1cc(OC)ccc1CC=C. The maximum Gasteiger partial charge on any atom is 0.126 e. The van der Waals surface area contributed by atoms with E-state index < -0.39 is 0 Å².